The van der Waals surface area contributed by atoms with Crippen molar-refractivity contribution in [3.63, 3.8) is 0 Å². The summed E-state index contributed by atoms with van der Waals surface area (Å²) in [7, 11) is 0. The molecule has 0 heterocycles. The van der Waals surface area contributed by atoms with Gasteiger partial charge in [-0.2, -0.15) is 11.8 Å². The Bertz CT molecular complexity index is 172. The summed E-state index contributed by atoms with van der Waals surface area (Å²) < 4.78 is 0. The van der Waals surface area contributed by atoms with Crippen LogP contribution < -0.4 is 5.11 Å². The molecule has 0 rings (SSSR count). The molecule has 0 fully saturated rings. The molecule has 0 saturated heterocycles. The van der Waals surface area contributed by atoms with Gasteiger partial charge in [-0.3, -0.25) is 0 Å². The predicted octanol–water partition coefficient (Wildman–Crippen LogP) is 3.06. The molecule has 0 radical (unpaired) electrons. The predicted molar refractivity (Wildman–Crippen MR) is 79.0 cm³/mol. The fraction of sp³-hybridized carbons (Fsp3) is 0.923. The van der Waals surface area contributed by atoms with Crippen molar-refractivity contribution < 1.29 is 9.90 Å². The molecule has 0 aliphatic rings. The molecule has 0 amide bonds. The zero-order valence-electron chi connectivity index (χ0n) is 12.0. The van der Waals surface area contributed by atoms with Gasteiger partial charge in [-0.1, -0.05) is 33.1 Å². The number of carboxylic acids is 1. The van der Waals surface area contributed by atoms with Gasteiger partial charge in [-0.15, -0.1) is 0 Å². The molecular weight excluding hydrogens is 339 g/mol. The monoisotopic (exact) mass is 368 g/mol. The molecule has 0 aliphatic carbocycles. The van der Waals surface area contributed by atoms with E-state index in [1.54, 1.807) is 0 Å². The Balaban J connectivity index is 0. The van der Waals surface area contributed by atoms with Crippen LogP contribution in [-0.4, -0.2) is 37.2 Å². The SMILES string of the molecule is CCCCC(CC)CSCC(=O)[O-].[CH3][Sn+]([CH3])[CH3]. The third-order valence-electron chi connectivity index (χ3n) is 2.12. The fourth-order valence-corrected chi connectivity index (χ4v) is 2.23. The Hall–Kier alpha value is 0.619. The molecule has 0 N–H and O–H groups in total. The van der Waals surface area contributed by atoms with Crippen molar-refractivity contribution in [2.75, 3.05) is 11.5 Å². The van der Waals surface area contributed by atoms with E-state index in [4.69, 9.17) is 0 Å². The van der Waals surface area contributed by atoms with Crippen molar-refractivity contribution in [3.05, 3.63) is 0 Å². The van der Waals surface area contributed by atoms with Crippen molar-refractivity contribution in [2.24, 2.45) is 5.92 Å². The maximum atomic E-state index is 10.2. The Kier molecular flexibility index (Phi) is 17.2. The molecule has 0 spiro atoms. The number of carbonyl (C=O) groups excluding carboxylic acids is 1. The summed E-state index contributed by atoms with van der Waals surface area (Å²) in [5.41, 5.74) is 0. The van der Waals surface area contributed by atoms with Crippen LogP contribution in [0, 0.1) is 5.92 Å². The molecule has 0 saturated carbocycles. The van der Waals surface area contributed by atoms with E-state index in [0.717, 1.165) is 12.2 Å². The van der Waals surface area contributed by atoms with E-state index in [2.05, 4.69) is 28.7 Å². The molecule has 1 unspecified atom stereocenters. The van der Waals surface area contributed by atoms with Gasteiger partial charge in [0.15, 0.2) is 0 Å². The second-order valence-electron chi connectivity index (χ2n) is 4.80. The normalized spacial score (nSPS) is 11.4. The summed E-state index contributed by atoms with van der Waals surface area (Å²) in [6.45, 7) is 4.35. The van der Waals surface area contributed by atoms with Crippen molar-refractivity contribution >= 4 is 37.5 Å². The summed E-state index contributed by atoms with van der Waals surface area (Å²) >= 11 is 0.939. The molecule has 2 nitrogen and oxygen atoms in total. The van der Waals surface area contributed by atoms with E-state index >= 15 is 0 Å². The Morgan fingerprint density at radius 1 is 1.29 bits per heavy atom. The van der Waals surface area contributed by atoms with Gasteiger partial charge in [0.2, 0.25) is 0 Å². The first-order valence-electron chi connectivity index (χ1n) is 6.48. The topological polar surface area (TPSA) is 40.1 Å². The summed E-state index contributed by atoms with van der Waals surface area (Å²) in [6, 6.07) is 0. The molecular formula is C13H28O2SSn. The van der Waals surface area contributed by atoms with E-state index in [-0.39, 0.29) is 5.75 Å². The Labute approximate surface area is 119 Å². The third-order valence-corrected chi connectivity index (χ3v) is 3.26. The van der Waals surface area contributed by atoms with E-state index in [9.17, 15) is 9.90 Å². The fourth-order valence-electron chi connectivity index (χ4n) is 1.21. The molecule has 17 heavy (non-hydrogen) atoms. The van der Waals surface area contributed by atoms with Crippen LogP contribution in [0.1, 0.15) is 39.5 Å². The Morgan fingerprint density at radius 2 is 1.82 bits per heavy atom. The van der Waals surface area contributed by atoms with Gasteiger partial charge in [-0.25, -0.2) is 0 Å². The molecule has 0 bridgehead atoms. The van der Waals surface area contributed by atoms with Crippen LogP contribution in [0.5, 0.6) is 0 Å². The van der Waals surface area contributed by atoms with Crippen LogP contribution in [0.2, 0.25) is 14.8 Å². The first kappa shape index (κ1) is 19.9. The van der Waals surface area contributed by atoms with Crippen molar-refractivity contribution in [3.8, 4) is 0 Å². The number of hydrogen-bond acceptors (Lipinski definition) is 3. The van der Waals surface area contributed by atoms with Crippen LogP contribution in [-0.2, 0) is 4.79 Å². The van der Waals surface area contributed by atoms with Crippen LogP contribution in [0.15, 0.2) is 0 Å². The van der Waals surface area contributed by atoms with Crippen LogP contribution in [0.25, 0.3) is 0 Å². The van der Waals surface area contributed by atoms with Crippen LogP contribution >= 0.6 is 11.8 Å². The molecule has 4 heteroatoms. The van der Waals surface area contributed by atoms with Crippen molar-refractivity contribution in [1.29, 1.82) is 0 Å². The average Bonchev–Trinajstić information content (AvgIpc) is 2.21. The molecule has 0 aromatic heterocycles. The van der Waals surface area contributed by atoms with E-state index in [1.165, 1.54) is 31.0 Å². The minimum atomic E-state index is -0.949. The summed E-state index contributed by atoms with van der Waals surface area (Å²) in [4.78, 5) is 17.2. The van der Waals surface area contributed by atoms with E-state index < -0.39 is 25.7 Å². The molecule has 0 aromatic rings. The Morgan fingerprint density at radius 3 is 2.18 bits per heavy atom. The first-order chi connectivity index (χ1) is 7.93. The summed E-state index contributed by atoms with van der Waals surface area (Å²) in [5.74, 6) is 0.840. The van der Waals surface area contributed by atoms with Gasteiger partial charge in [0.25, 0.3) is 0 Å². The average molecular weight is 367 g/mol. The van der Waals surface area contributed by atoms with Crippen LogP contribution in [0.4, 0.5) is 0 Å². The van der Waals surface area contributed by atoms with Gasteiger partial charge in [0, 0.05) is 5.75 Å². The summed E-state index contributed by atoms with van der Waals surface area (Å²) in [6.07, 6.45) is 4.86. The van der Waals surface area contributed by atoms with Gasteiger partial charge in [0.1, 0.15) is 0 Å². The zero-order valence-corrected chi connectivity index (χ0v) is 15.7. The first-order valence-corrected chi connectivity index (χ1v) is 16.2. The number of carbonyl (C=O) groups is 1. The quantitative estimate of drug-likeness (QED) is 0.620. The van der Waals surface area contributed by atoms with Gasteiger partial charge in [0.05, 0.1) is 5.97 Å². The van der Waals surface area contributed by atoms with Crippen LogP contribution in [0.3, 0.4) is 0 Å². The second kappa shape index (κ2) is 14.7. The molecule has 0 aromatic carbocycles. The molecule has 102 valence electrons. The van der Waals surface area contributed by atoms with Gasteiger partial charge >= 0.3 is 34.6 Å². The van der Waals surface area contributed by atoms with Crippen molar-refractivity contribution in [1.82, 2.24) is 0 Å². The van der Waals surface area contributed by atoms with Gasteiger partial charge in [-0.05, 0) is 18.1 Å². The van der Waals surface area contributed by atoms with Crippen molar-refractivity contribution in [2.45, 2.75) is 54.3 Å². The molecule has 0 aliphatic heterocycles. The molecule has 1 atom stereocenters. The number of rotatable bonds is 8. The minimum absolute atomic E-state index is 0.141. The summed E-state index contributed by atoms with van der Waals surface area (Å²) in [5, 5.41) is 10.2. The number of unbranched alkanes of at least 4 members (excludes halogenated alkanes) is 1. The number of carboxylic acid groups (broad SMARTS) is 1. The number of hydrogen-bond donors (Lipinski definition) is 0. The van der Waals surface area contributed by atoms with E-state index in [0.29, 0.717) is 5.92 Å². The second-order valence-corrected chi connectivity index (χ2v) is 14.4. The zero-order chi connectivity index (χ0) is 13.7. The van der Waals surface area contributed by atoms with Gasteiger partial charge < -0.3 is 9.90 Å². The maximum absolute atomic E-state index is 10.2. The van der Waals surface area contributed by atoms with E-state index in [1.807, 2.05) is 0 Å². The standard InChI is InChI=1S/C10H20O2S.3CH3.Sn/c1-3-5-6-9(4-2)7-13-8-10(11)12;;;;/h9H,3-8H2,1-2H3,(H,11,12);3*1H3;/q;;;;+1/p-1. The number of aliphatic carboxylic acids is 1. The third kappa shape index (κ3) is 22.3. The number of thioether (sulfide) groups is 1.